The van der Waals surface area contributed by atoms with Gasteiger partial charge in [-0.2, -0.15) is 4.80 Å². The van der Waals surface area contributed by atoms with E-state index >= 15 is 0 Å². The average molecular weight is 351 g/mol. The molecule has 0 aliphatic heterocycles. The average Bonchev–Trinajstić information content (AvgIpc) is 2.95. The lowest BCUT2D eigenvalue weighted by Crippen LogP contribution is -2.41. The molecule has 0 aliphatic carbocycles. The summed E-state index contributed by atoms with van der Waals surface area (Å²) in [6.07, 6.45) is 0.841. The maximum atomic E-state index is 11.8. The Bertz CT molecular complexity index is 715. The zero-order chi connectivity index (χ0) is 17.5. The number of benzene rings is 1. The lowest BCUT2D eigenvalue weighted by Gasteiger charge is -2.07. The molecule has 0 radical (unpaired) electrons. The number of amides is 3. The summed E-state index contributed by atoms with van der Waals surface area (Å²) in [6.45, 7) is 4.40. The topological polar surface area (TPSA) is 102 Å². The van der Waals surface area contributed by atoms with Gasteiger partial charge in [-0.15, -0.1) is 10.2 Å². The molecular formula is C15H19ClN6O2. The number of hydrogen-bond donors (Lipinski definition) is 2. The Balaban J connectivity index is 1.87. The molecule has 24 heavy (non-hydrogen) atoms. The van der Waals surface area contributed by atoms with Crippen molar-refractivity contribution in [1.82, 2.24) is 30.8 Å². The molecule has 0 fully saturated rings. The van der Waals surface area contributed by atoms with E-state index < -0.39 is 11.9 Å². The molecule has 0 unspecified atom stereocenters. The number of nitrogens with zero attached hydrogens (tertiary/aromatic N) is 4. The molecule has 0 saturated carbocycles. The van der Waals surface area contributed by atoms with E-state index in [-0.39, 0.29) is 6.54 Å². The van der Waals surface area contributed by atoms with E-state index in [4.69, 9.17) is 11.6 Å². The van der Waals surface area contributed by atoms with Gasteiger partial charge in [0.25, 0.3) is 5.91 Å². The number of aromatic nitrogens is 4. The second kappa shape index (κ2) is 8.39. The van der Waals surface area contributed by atoms with Gasteiger partial charge >= 0.3 is 6.03 Å². The second-order valence-corrected chi connectivity index (χ2v) is 6.02. The monoisotopic (exact) mass is 350 g/mol. The molecule has 1 heterocycles. The number of urea groups is 1. The lowest BCUT2D eigenvalue weighted by molar-refractivity contribution is -0.121. The zero-order valence-corrected chi connectivity index (χ0v) is 14.2. The molecule has 2 N–H and O–H groups in total. The number of halogens is 1. The van der Waals surface area contributed by atoms with Gasteiger partial charge in [-0.1, -0.05) is 37.6 Å². The summed E-state index contributed by atoms with van der Waals surface area (Å²) in [5.74, 6) is 0.263. The van der Waals surface area contributed by atoms with Crippen LogP contribution in [0, 0.1) is 5.92 Å². The van der Waals surface area contributed by atoms with E-state index in [0.717, 1.165) is 11.2 Å². The highest BCUT2D eigenvalue weighted by Gasteiger charge is 2.13. The van der Waals surface area contributed by atoms with Crippen LogP contribution in [0.2, 0.25) is 5.02 Å². The van der Waals surface area contributed by atoms with Gasteiger partial charge < -0.3 is 5.32 Å². The molecule has 2 rings (SSSR count). The Kier molecular flexibility index (Phi) is 6.25. The molecule has 0 spiro atoms. The zero-order valence-electron chi connectivity index (χ0n) is 13.5. The summed E-state index contributed by atoms with van der Waals surface area (Å²) in [7, 11) is 0. The number of carbonyl (C=O) groups is 2. The summed E-state index contributed by atoms with van der Waals surface area (Å²) < 4.78 is 0. The van der Waals surface area contributed by atoms with Crippen molar-refractivity contribution in [3.63, 3.8) is 0 Å². The third-order valence-electron chi connectivity index (χ3n) is 3.11. The highest BCUT2D eigenvalue weighted by atomic mass is 35.5. The fourth-order valence-corrected chi connectivity index (χ4v) is 2.09. The van der Waals surface area contributed by atoms with Crippen LogP contribution in [0.3, 0.4) is 0 Å². The van der Waals surface area contributed by atoms with Crippen molar-refractivity contribution >= 4 is 23.5 Å². The van der Waals surface area contributed by atoms with Gasteiger partial charge in [0.2, 0.25) is 5.82 Å². The molecule has 9 heteroatoms. The van der Waals surface area contributed by atoms with Crippen LogP contribution in [0.15, 0.2) is 24.3 Å². The third kappa shape index (κ3) is 5.31. The number of carbonyl (C=O) groups excluding carboxylic acids is 2. The third-order valence-corrected chi connectivity index (χ3v) is 3.44. The fourth-order valence-electron chi connectivity index (χ4n) is 1.87. The lowest BCUT2D eigenvalue weighted by atomic mass is 10.1. The summed E-state index contributed by atoms with van der Waals surface area (Å²) in [5, 5.41) is 17.1. The Hall–Kier alpha value is -2.48. The minimum absolute atomic E-state index is 0.213. The molecule has 3 amide bonds. The van der Waals surface area contributed by atoms with E-state index in [9.17, 15) is 9.59 Å². The maximum absolute atomic E-state index is 11.8. The molecular weight excluding hydrogens is 332 g/mol. The van der Waals surface area contributed by atoms with E-state index in [1.807, 2.05) is 0 Å². The fraction of sp³-hybridized carbons (Fsp3) is 0.400. The van der Waals surface area contributed by atoms with Crippen LogP contribution >= 0.6 is 11.6 Å². The van der Waals surface area contributed by atoms with E-state index in [2.05, 4.69) is 39.9 Å². The van der Waals surface area contributed by atoms with Gasteiger partial charge in [0.05, 0.1) is 5.02 Å². The van der Waals surface area contributed by atoms with Gasteiger partial charge in [-0.25, -0.2) is 4.79 Å². The van der Waals surface area contributed by atoms with Crippen LogP contribution in [0.1, 0.15) is 20.3 Å². The first-order valence-electron chi connectivity index (χ1n) is 7.56. The molecule has 8 nitrogen and oxygen atoms in total. The van der Waals surface area contributed by atoms with Crippen LogP contribution in [-0.4, -0.2) is 38.7 Å². The van der Waals surface area contributed by atoms with Crippen LogP contribution in [-0.2, 0) is 11.3 Å². The minimum atomic E-state index is -0.535. The first-order chi connectivity index (χ1) is 11.5. The van der Waals surface area contributed by atoms with Gasteiger partial charge in [-0.05, 0) is 29.7 Å². The normalized spacial score (nSPS) is 10.7. The summed E-state index contributed by atoms with van der Waals surface area (Å²) in [6, 6.07) is 6.53. The Labute approximate surface area is 144 Å². The van der Waals surface area contributed by atoms with Crippen molar-refractivity contribution in [3.05, 3.63) is 29.3 Å². The van der Waals surface area contributed by atoms with E-state index in [0.29, 0.717) is 28.9 Å². The molecule has 0 atom stereocenters. The minimum Gasteiger partial charge on any atom is -0.338 e. The summed E-state index contributed by atoms with van der Waals surface area (Å²) >= 11 is 6.06. The Morgan fingerprint density at radius 2 is 2.04 bits per heavy atom. The van der Waals surface area contributed by atoms with Crippen LogP contribution in [0.4, 0.5) is 4.79 Å². The first-order valence-corrected chi connectivity index (χ1v) is 7.94. The van der Waals surface area contributed by atoms with Crippen LogP contribution in [0.25, 0.3) is 11.4 Å². The van der Waals surface area contributed by atoms with Crippen molar-refractivity contribution in [1.29, 1.82) is 0 Å². The molecule has 0 saturated heterocycles. The van der Waals surface area contributed by atoms with Gasteiger partial charge in [-0.3, -0.25) is 10.1 Å². The number of hydrogen-bond acceptors (Lipinski definition) is 5. The molecule has 1 aromatic carbocycles. The Morgan fingerprint density at radius 1 is 1.29 bits per heavy atom. The van der Waals surface area contributed by atoms with Crippen LogP contribution < -0.4 is 10.6 Å². The summed E-state index contributed by atoms with van der Waals surface area (Å²) in [5.41, 5.74) is 0.622. The molecule has 1 aromatic heterocycles. The van der Waals surface area contributed by atoms with Gasteiger partial charge in [0.15, 0.2) is 0 Å². The van der Waals surface area contributed by atoms with Crippen LogP contribution in [0.5, 0.6) is 0 Å². The molecule has 0 aliphatic rings. The van der Waals surface area contributed by atoms with Crippen molar-refractivity contribution in [2.45, 2.75) is 26.8 Å². The first kappa shape index (κ1) is 17.9. The maximum Gasteiger partial charge on any atom is 0.321 e. The van der Waals surface area contributed by atoms with Crippen molar-refractivity contribution in [3.8, 4) is 11.4 Å². The van der Waals surface area contributed by atoms with Gasteiger partial charge in [0, 0.05) is 12.1 Å². The molecule has 2 aromatic rings. The van der Waals surface area contributed by atoms with E-state index in [1.165, 1.54) is 0 Å². The smallest absolute Gasteiger partial charge is 0.321 e. The molecule has 0 bridgehead atoms. The number of rotatable bonds is 6. The second-order valence-electron chi connectivity index (χ2n) is 5.61. The van der Waals surface area contributed by atoms with E-state index in [1.54, 1.807) is 24.3 Å². The quantitative estimate of drug-likeness (QED) is 0.828. The number of tetrazole rings is 1. The number of nitrogens with one attached hydrogen (secondary N) is 2. The van der Waals surface area contributed by atoms with Crippen molar-refractivity contribution in [2.75, 3.05) is 6.54 Å². The Morgan fingerprint density at radius 3 is 2.75 bits per heavy atom. The largest absolute Gasteiger partial charge is 0.338 e. The predicted octanol–water partition coefficient (Wildman–Crippen LogP) is 1.87. The SMILES string of the molecule is CC(C)CCNC(=O)NC(=O)Cn1nnc(-c2ccccc2Cl)n1. The van der Waals surface area contributed by atoms with Gasteiger partial charge in [0.1, 0.15) is 6.54 Å². The van der Waals surface area contributed by atoms with Crippen molar-refractivity contribution < 1.29 is 9.59 Å². The molecule has 128 valence electrons. The van der Waals surface area contributed by atoms with Crippen molar-refractivity contribution in [2.24, 2.45) is 5.92 Å². The summed E-state index contributed by atoms with van der Waals surface area (Å²) in [4.78, 5) is 24.5. The highest BCUT2D eigenvalue weighted by molar-refractivity contribution is 6.33. The number of imide groups is 1. The highest BCUT2D eigenvalue weighted by Crippen LogP contribution is 2.23. The predicted molar refractivity (Wildman–Crippen MR) is 89.3 cm³/mol. The standard InChI is InChI=1S/C15H19ClN6O2/c1-10(2)7-8-17-15(24)18-13(23)9-22-20-14(19-21-22)11-5-3-4-6-12(11)16/h3-6,10H,7-9H2,1-2H3,(H2,17,18,23,24).